The van der Waals surface area contributed by atoms with Crippen molar-refractivity contribution >= 4 is 52.1 Å². The number of amides is 2. The summed E-state index contributed by atoms with van der Waals surface area (Å²) < 4.78 is 7.55. The first-order valence-electron chi connectivity index (χ1n) is 13.4. The van der Waals surface area contributed by atoms with E-state index in [0.717, 1.165) is 12.8 Å². The monoisotopic (exact) mass is 599 g/mol. The molecule has 210 valence electrons. The van der Waals surface area contributed by atoms with Crippen LogP contribution in [0.1, 0.15) is 66.2 Å². The predicted molar refractivity (Wildman–Crippen MR) is 158 cm³/mol. The normalized spacial score (nSPS) is 18.8. The van der Waals surface area contributed by atoms with E-state index in [2.05, 4.69) is 20.1 Å². The Hall–Kier alpha value is -4.46. The number of methoxy groups -OCH3 is 1. The Morgan fingerprint density at radius 2 is 1.90 bits per heavy atom. The second-order valence-corrected chi connectivity index (χ2v) is 11.7. The Labute approximate surface area is 251 Å². The highest BCUT2D eigenvalue weighted by atomic mass is 35.5. The summed E-state index contributed by atoms with van der Waals surface area (Å²) in [5.74, 6) is 0.792. The third-order valence-electron chi connectivity index (χ3n) is 7.86. The van der Waals surface area contributed by atoms with Crippen LogP contribution >= 0.6 is 23.2 Å². The molecule has 1 fully saturated rings. The fourth-order valence-corrected chi connectivity index (χ4v) is 6.40. The van der Waals surface area contributed by atoms with E-state index in [1.54, 1.807) is 36.5 Å². The second-order valence-electron chi connectivity index (χ2n) is 10.8. The third-order valence-corrected chi connectivity index (χ3v) is 8.32. The molecular formula is C30H23Cl2N7O3. The van der Waals surface area contributed by atoms with Crippen LogP contribution < -0.4 is 15.0 Å². The van der Waals surface area contributed by atoms with Crippen LogP contribution in [0.5, 0.6) is 5.88 Å². The summed E-state index contributed by atoms with van der Waals surface area (Å²) in [4.78, 5) is 47.8. The van der Waals surface area contributed by atoms with Gasteiger partial charge in [-0.3, -0.25) is 14.5 Å². The maximum atomic E-state index is 14.5. The van der Waals surface area contributed by atoms with Crippen molar-refractivity contribution in [1.29, 1.82) is 0 Å². The van der Waals surface area contributed by atoms with Gasteiger partial charge in [-0.2, -0.15) is 4.98 Å². The summed E-state index contributed by atoms with van der Waals surface area (Å²) in [6.45, 7) is 11.5. The number of carbonyl (C=O) groups is 2. The predicted octanol–water partition coefficient (Wildman–Crippen LogP) is 6.52. The van der Waals surface area contributed by atoms with Gasteiger partial charge in [0, 0.05) is 45.1 Å². The Morgan fingerprint density at radius 3 is 2.60 bits per heavy atom. The molecule has 12 heteroatoms. The molecule has 2 aliphatic heterocycles. The Kier molecular flexibility index (Phi) is 5.84. The number of halogens is 2. The summed E-state index contributed by atoms with van der Waals surface area (Å²) in [7, 11) is 1.53. The maximum absolute atomic E-state index is 14.5. The van der Waals surface area contributed by atoms with Crippen LogP contribution in [0.25, 0.3) is 16.2 Å². The highest BCUT2D eigenvalue weighted by Gasteiger charge is 2.64. The van der Waals surface area contributed by atoms with Gasteiger partial charge in [-0.25, -0.2) is 14.8 Å². The van der Waals surface area contributed by atoms with Crippen LogP contribution in [0.2, 0.25) is 10.0 Å². The lowest BCUT2D eigenvalue weighted by Crippen LogP contribution is -2.51. The topological polar surface area (TPSA) is 107 Å². The van der Waals surface area contributed by atoms with Gasteiger partial charge in [-0.05, 0) is 57.0 Å². The van der Waals surface area contributed by atoms with E-state index in [1.807, 2.05) is 18.4 Å². The number of imidazole rings is 1. The number of ether oxygens (including phenoxy) is 1. The summed E-state index contributed by atoms with van der Waals surface area (Å²) in [6, 6.07) is 9.42. The van der Waals surface area contributed by atoms with Crippen molar-refractivity contribution in [1.82, 2.24) is 19.5 Å². The van der Waals surface area contributed by atoms with Crippen molar-refractivity contribution in [3.63, 3.8) is 0 Å². The minimum Gasteiger partial charge on any atom is -0.480 e. The smallest absolute Gasteiger partial charge is 0.280 e. The number of nitrogens with zero attached hydrogens (tertiary/aromatic N) is 6. The highest BCUT2D eigenvalue weighted by Crippen LogP contribution is 2.55. The third kappa shape index (κ3) is 3.60. The molecule has 1 unspecified atom stereocenters. The molecule has 3 aliphatic rings. The zero-order valence-corrected chi connectivity index (χ0v) is 24.3. The molecule has 4 aromatic rings. The van der Waals surface area contributed by atoms with Gasteiger partial charge >= 0.3 is 0 Å². The zero-order valence-electron chi connectivity index (χ0n) is 22.8. The fourth-order valence-electron chi connectivity index (χ4n) is 6.00. The summed E-state index contributed by atoms with van der Waals surface area (Å²) >= 11 is 12.7. The van der Waals surface area contributed by atoms with Gasteiger partial charge in [-0.1, -0.05) is 29.3 Å². The molecule has 7 rings (SSSR count). The maximum Gasteiger partial charge on any atom is 0.280 e. The van der Waals surface area contributed by atoms with Gasteiger partial charge in [-0.15, -0.1) is 0 Å². The average Bonchev–Trinajstić information content (AvgIpc) is 3.61. The fraction of sp³-hybridized carbons (Fsp3) is 0.267. The molecular weight excluding hydrogens is 577 g/mol. The standard InChI is InChI=1S/C30H23Cl2N7O3/c1-14(2)38-24-23(36-26(38)20-13-34-25(15-5-6-15)37-27(20)42-4)28(40)39(19-10-17(32)9-18(12-19)33-3)30(24)21-8-7-16(31)11-22(21)35-29(30)41/h7-15H,5-6H2,1-2,4H3,(H,35,41). The van der Waals surface area contributed by atoms with Crippen LogP contribution in [0.4, 0.5) is 17.1 Å². The zero-order chi connectivity index (χ0) is 29.5. The highest BCUT2D eigenvalue weighted by molar-refractivity contribution is 6.32. The van der Waals surface area contributed by atoms with Gasteiger partial charge in [0.1, 0.15) is 11.6 Å². The van der Waals surface area contributed by atoms with E-state index >= 15 is 0 Å². The number of rotatable bonds is 5. The largest absolute Gasteiger partial charge is 0.480 e. The number of hydrogen-bond acceptors (Lipinski definition) is 6. The number of carbonyl (C=O) groups excluding carboxylic acids is 2. The number of hydrogen-bond donors (Lipinski definition) is 1. The van der Waals surface area contributed by atoms with Crippen LogP contribution in [-0.2, 0) is 10.3 Å². The first-order valence-corrected chi connectivity index (χ1v) is 14.1. The van der Waals surface area contributed by atoms with Gasteiger partial charge < -0.3 is 14.6 Å². The molecule has 4 heterocycles. The lowest BCUT2D eigenvalue weighted by molar-refractivity contribution is -0.119. The average molecular weight is 600 g/mol. The number of anilines is 2. The van der Waals surface area contributed by atoms with Gasteiger partial charge in [0.15, 0.2) is 16.9 Å². The van der Waals surface area contributed by atoms with Crippen molar-refractivity contribution in [3.05, 3.63) is 86.8 Å². The van der Waals surface area contributed by atoms with E-state index in [0.29, 0.717) is 56.7 Å². The summed E-state index contributed by atoms with van der Waals surface area (Å²) in [5, 5.41) is 3.62. The van der Waals surface area contributed by atoms with Crippen molar-refractivity contribution < 1.29 is 14.3 Å². The molecule has 0 bridgehead atoms. The lowest BCUT2D eigenvalue weighted by atomic mass is 9.87. The molecule has 2 aromatic heterocycles. The minimum atomic E-state index is -1.67. The molecule has 1 atom stereocenters. The molecule has 1 N–H and O–H groups in total. The van der Waals surface area contributed by atoms with E-state index in [4.69, 9.17) is 39.5 Å². The Bertz CT molecular complexity index is 1890. The van der Waals surface area contributed by atoms with Crippen molar-refractivity contribution in [3.8, 4) is 17.3 Å². The molecule has 0 saturated heterocycles. The molecule has 2 aromatic carbocycles. The molecule has 1 spiro atoms. The molecule has 42 heavy (non-hydrogen) atoms. The van der Waals surface area contributed by atoms with Crippen molar-refractivity contribution in [2.75, 3.05) is 17.3 Å². The minimum absolute atomic E-state index is 0.0920. The first-order chi connectivity index (χ1) is 20.2. The van der Waals surface area contributed by atoms with Crippen LogP contribution in [0.3, 0.4) is 0 Å². The second kappa shape index (κ2) is 9.28. The number of benzene rings is 2. The summed E-state index contributed by atoms with van der Waals surface area (Å²) in [5.41, 5.74) is 0.821. The number of fused-ring (bicyclic) bond motifs is 4. The Balaban J connectivity index is 1.55. The number of nitrogens with one attached hydrogen (secondary N) is 1. The van der Waals surface area contributed by atoms with Crippen LogP contribution in [0.15, 0.2) is 42.6 Å². The SMILES string of the molecule is [C-]#[N+]c1cc(Cl)cc(N2C(=O)c3nc(-c4cnc(C5CC5)nc4OC)n(C(C)C)c3C23C(=O)Nc2cc(Cl)ccc23)c1. The number of aromatic nitrogens is 4. The lowest BCUT2D eigenvalue weighted by Gasteiger charge is -2.36. The van der Waals surface area contributed by atoms with Crippen molar-refractivity contribution in [2.45, 2.75) is 44.2 Å². The quantitative estimate of drug-likeness (QED) is 0.262. The van der Waals surface area contributed by atoms with E-state index in [1.165, 1.54) is 18.1 Å². The molecule has 0 radical (unpaired) electrons. The van der Waals surface area contributed by atoms with Gasteiger partial charge in [0.25, 0.3) is 11.8 Å². The van der Waals surface area contributed by atoms with Crippen LogP contribution in [-0.4, -0.2) is 38.4 Å². The van der Waals surface area contributed by atoms with E-state index in [-0.39, 0.29) is 22.4 Å². The molecule has 1 aliphatic carbocycles. The molecule has 1 saturated carbocycles. The van der Waals surface area contributed by atoms with E-state index in [9.17, 15) is 9.59 Å². The Morgan fingerprint density at radius 1 is 1.12 bits per heavy atom. The van der Waals surface area contributed by atoms with Gasteiger partial charge in [0.2, 0.25) is 5.88 Å². The van der Waals surface area contributed by atoms with E-state index < -0.39 is 17.4 Å². The van der Waals surface area contributed by atoms with Gasteiger partial charge in [0.05, 0.1) is 24.9 Å². The first kappa shape index (κ1) is 26.4. The van der Waals surface area contributed by atoms with Crippen molar-refractivity contribution in [2.24, 2.45) is 0 Å². The molecule has 2 amide bonds. The molecule has 10 nitrogen and oxygen atoms in total. The van der Waals surface area contributed by atoms with Crippen LogP contribution in [0, 0.1) is 6.57 Å². The summed E-state index contributed by atoms with van der Waals surface area (Å²) in [6.07, 6.45) is 3.73.